The summed E-state index contributed by atoms with van der Waals surface area (Å²) in [6.07, 6.45) is 1.61. The third-order valence-electron chi connectivity index (χ3n) is 2.99. The number of hydrogen-bond acceptors (Lipinski definition) is 4. The van der Waals surface area contributed by atoms with Gasteiger partial charge in [-0.15, -0.1) is 12.4 Å². The van der Waals surface area contributed by atoms with Crippen molar-refractivity contribution in [2.45, 2.75) is 13.5 Å². The Morgan fingerprint density at radius 3 is 2.67 bits per heavy atom. The van der Waals surface area contributed by atoms with Gasteiger partial charge in [0.15, 0.2) is 0 Å². The number of carbonyl (C=O) groups is 1. The Bertz CT molecular complexity index is 613. The van der Waals surface area contributed by atoms with E-state index in [1.807, 2.05) is 19.1 Å². The SMILES string of the molecule is COc1ccc(CNC(=O)c2[nH]ncc2C)c(OC)c1.Cl. The van der Waals surface area contributed by atoms with E-state index in [9.17, 15) is 4.79 Å². The predicted octanol–water partition coefficient (Wildman–Crippen LogP) is 2.09. The largest absolute Gasteiger partial charge is 0.497 e. The lowest BCUT2D eigenvalue weighted by Gasteiger charge is -2.11. The van der Waals surface area contributed by atoms with E-state index in [1.165, 1.54) is 0 Å². The fourth-order valence-electron chi connectivity index (χ4n) is 1.84. The van der Waals surface area contributed by atoms with Crippen LogP contribution in [0.4, 0.5) is 0 Å². The molecule has 0 fully saturated rings. The Kier molecular flexibility index (Phi) is 6.05. The maximum atomic E-state index is 12.0. The summed E-state index contributed by atoms with van der Waals surface area (Å²) in [5, 5.41) is 9.33. The third kappa shape index (κ3) is 3.88. The Balaban J connectivity index is 0.00000220. The van der Waals surface area contributed by atoms with Gasteiger partial charge in [-0.05, 0) is 24.6 Å². The van der Waals surface area contributed by atoms with E-state index in [2.05, 4.69) is 15.5 Å². The number of rotatable bonds is 5. The Morgan fingerprint density at radius 1 is 1.33 bits per heavy atom. The lowest BCUT2D eigenvalue weighted by atomic mass is 10.2. The number of halogens is 1. The van der Waals surface area contributed by atoms with Gasteiger partial charge >= 0.3 is 0 Å². The molecule has 0 radical (unpaired) electrons. The Morgan fingerprint density at radius 2 is 2.10 bits per heavy atom. The molecular formula is C14H18ClN3O3. The second-order valence-corrected chi connectivity index (χ2v) is 4.29. The zero-order valence-corrected chi connectivity index (χ0v) is 12.9. The molecule has 0 saturated carbocycles. The van der Waals surface area contributed by atoms with E-state index in [-0.39, 0.29) is 18.3 Å². The van der Waals surface area contributed by atoms with Gasteiger partial charge in [0.2, 0.25) is 0 Å². The molecule has 2 aromatic rings. The number of ether oxygens (including phenoxy) is 2. The summed E-state index contributed by atoms with van der Waals surface area (Å²) in [6.45, 7) is 2.19. The number of aromatic amines is 1. The molecule has 0 aliphatic carbocycles. The molecule has 0 atom stereocenters. The van der Waals surface area contributed by atoms with Crippen LogP contribution >= 0.6 is 12.4 Å². The van der Waals surface area contributed by atoms with Crippen LogP contribution in [0, 0.1) is 6.92 Å². The molecule has 0 aliphatic rings. The molecule has 0 aliphatic heterocycles. The molecule has 1 aromatic carbocycles. The minimum Gasteiger partial charge on any atom is -0.497 e. The number of hydrogen-bond donors (Lipinski definition) is 2. The summed E-state index contributed by atoms with van der Waals surface area (Å²) in [5.74, 6) is 1.19. The second-order valence-electron chi connectivity index (χ2n) is 4.29. The number of nitrogens with zero attached hydrogens (tertiary/aromatic N) is 1. The number of aromatic nitrogens is 2. The quantitative estimate of drug-likeness (QED) is 0.886. The summed E-state index contributed by atoms with van der Waals surface area (Å²) in [6, 6.07) is 5.46. The van der Waals surface area contributed by atoms with Gasteiger partial charge in [0.1, 0.15) is 17.2 Å². The first-order chi connectivity index (χ1) is 9.65. The normalized spacial score (nSPS) is 9.67. The van der Waals surface area contributed by atoms with E-state index in [0.717, 1.165) is 11.1 Å². The fourth-order valence-corrected chi connectivity index (χ4v) is 1.84. The van der Waals surface area contributed by atoms with Gasteiger partial charge in [0, 0.05) is 18.2 Å². The topological polar surface area (TPSA) is 76.2 Å². The van der Waals surface area contributed by atoms with Crippen molar-refractivity contribution in [1.82, 2.24) is 15.5 Å². The van der Waals surface area contributed by atoms with Crippen LogP contribution in [0.5, 0.6) is 11.5 Å². The molecular weight excluding hydrogens is 294 g/mol. The molecule has 2 N–H and O–H groups in total. The first-order valence-corrected chi connectivity index (χ1v) is 6.14. The summed E-state index contributed by atoms with van der Waals surface area (Å²) in [7, 11) is 3.18. The molecule has 1 aromatic heterocycles. The van der Waals surface area contributed by atoms with Crippen LogP contribution in [-0.4, -0.2) is 30.3 Å². The highest BCUT2D eigenvalue weighted by atomic mass is 35.5. The summed E-state index contributed by atoms with van der Waals surface area (Å²) >= 11 is 0. The van der Waals surface area contributed by atoms with Gasteiger partial charge in [0.25, 0.3) is 5.91 Å². The van der Waals surface area contributed by atoms with Crippen LogP contribution in [0.1, 0.15) is 21.6 Å². The van der Waals surface area contributed by atoms with Crippen molar-refractivity contribution in [1.29, 1.82) is 0 Å². The van der Waals surface area contributed by atoms with E-state index in [1.54, 1.807) is 26.5 Å². The first kappa shape index (κ1) is 16.8. The van der Waals surface area contributed by atoms with Crippen molar-refractivity contribution in [2.75, 3.05) is 14.2 Å². The molecule has 1 amide bonds. The zero-order valence-electron chi connectivity index (χ0n) is 12.1. The van der Waals surface area contributed by atoms with Crippen LogP contribution in [0.15, 0.2) is 24.4 Å². The lowest BCUT2D eigenvalue weighted by Crippen LogP contribution is -2.24. The van der Waals surface area contributed by atoms with Gasteiger partial charge in [-0.3, -0.25) is 9.89 Å². The lowest BCUT2D eigenvalue weighted by molar-refractivity contribution is 0.0945. The van der Waals surface area contributed by atoms with E-state index in [0.29, 0.717) is 23.7 Å². The van der Waals surface area contributed by atoms with Crippen molar-refractivity contribution in [3.8, 4) is 11.5 Å². The molecule has 0 spiro atoms. The van der Waals surface area contributed by atoms with Crippen molar-refractivity contribution in [2.24, 2.45) is 0 Å². The smallest absolute Gasteiger partial charge is 0.269 e. The molecule has 21 heavy (non-hydrogen) atoms. The highest BCUT2D eigenvalue weighted by molar-refractivity contribution is 5.93. The third-order valence-corrected chi connectivity index (χ3v) is 2.99. The van der Waals surface area contributed by atoms with E-state index >= 15 is 0 Å². The van der Waals surface area contributed by atoms with Crippen LogP contribution in [-0.2, 0) is 6.54 Å². The van der Waals surface area contributed by atoms with Gasteiger partial charge < -0.3 is 14.8 Å². The van der Waals surface area contributed by atoms with Crippen LogP contribution in [0.25, 0.3) is 0 Å². The summed E-state index contributed by atoms with van der Waals surface area (Å²) < 4.78 is 10.4. The minimum atomic E-state index is -0.196. The van der Waals surface area contributed by atoms with Crippen molar-refractivity contribution in [3.63, 3.8) is 0 Å². The highest BCUT2D eigenvalue weighted by Gasteiger charge is 2.12. The van der Waals surface area contributed by atoms with Gasteiger partial charge in [-0.1, -0.05) is 0 Å². The molecule has 1 heterocycles. The van der Waals surface area contributed by atoms with Crippen LogP contribution in [0.3, 0.4) is 0 Å². The predicted molar refractivity (Wildman–Crippen MR) is 81.3 cm³/mol. The van der Waals surface area contributed by atoms with E-state index < -0.39 is 0 Å². The molecule has 114 valence electrons. The van der Waals surface area contributed by atoms with Crippen molar-refractivity contribution < 1.29 is 14.3 Å². The second kappa shape index (κ2) is 7.54. The summed E-state index contributed by atoms with van der Waals surface area (Å²) in [4.78, 5) is 12.0. The number of aryl methyl sites for hydroxylation is 1. The van der Waals surface area contributed by atoms with Gasteiger partial charge in [-0.25, -0.2) is 0 Å². The molecule has 0 saturated heterocycles. The highest BCUT2D eigenvalue weighted by Crippen LogP contribution is 2.24. The molecule has 6 nitrogen and oxygen atoms in total. The van der Waals surface area contributed by atoms with Gasteiger partial charge in [0.05, 0.1) is 20.4 Å². The zero-order chi connectivity index (χ0) is 14.5. The maximum Gasteiger partial charge on any atom is 0.269 e. The molecule has 7 heteroatoms. The number of amides is 1. The van der Waals surface area contributed by atoms with Gasteiger partial charge in [-0.2, -0.15) is 5.10 Å². The average molecular weight is 312 g/mol. The van der Waals surface area contributed by atoms with Crippen LogP contribution < -0.4 is 14.8 Å². The minimum absolute atomic E-state index is 0. The first-order valence-electron chi connectivity index (χ1n) is 6.14. The Labute approximate surface area is 129 Å². The van der Waals surface area contributed by atoms with Crippen LogP contribution in [0.2, 0.25) is 0 Å². The van der Waals surface area contributed by atoms with Crippen molar-refractivity contribution in [3.05, 3.63) is 41.2 Å². The number of H-pyrrole nitrogens is 1. The molecule has 0 bridgehead atoms. The number of nitrogens with one attached hydrogen (secondary N) is 2. The number of methoxy groups -OCH3 is 2. The summed E-state index contributed by atoms with van der Waals surface area (Å²) in [5.41, 5.74) is 2.15. The molecule has 0 unspecified atom stereocenters. The van der Waals surface area contributed by atoms with E-state index in [4.69, 9.17) is 9.47 Å². The number of benzene rings is 1. The average Bonchev–Trinajstić information content (AvgIpc) is 2.90. The number of carbonyl (C=O) groups excluding carboxylic acids is 1. The standard InChI is InChI=1S/C14H17N3O3.ClH/c1-9-7-16-17-13(9)14(18)15-8-10-4-5-11(19-2)6-12(10)20-3;/h4-7H,8H2,1-3H3,(H,15,18)(H,16,17);1H. The molecule has 2 rings (SSSR count). The maximum absolute atomic E-state index is 12.0. The monoisotopic (exact) mass is 311 g/mol. The van der Waals surface area contributed by atoms with Crippen molar-refractivity contribution >= 4 is 18.3 Å². The Hall–Kier alpha value is -2.21. The fraction of sp³-hybridized carbons (Fsp3) is 0.286.